The molecule has 0 aromatic carbocycles. The minimum Gasteiger partial charge on any atom is -1.00 e. The molecule has 0 saturated carbocycles. The first-order chi connectivity index (χ1) is 5.45. The zero-order valence-corrected chi connectivity index (χ0v) is 9.80. The van der Waals surface area contributed by atoms with Crippen molar-refractivity contribution in [1.82, 2.24) is 0 Å². The maximum atomic E-state index is 5.21. The topological polar surface area (TPSA) is 13.1 Å². The number of rotatable bonds is 2. The van der Waals surface area contributed by atoms with Crippen molar-refractivity contribution in [2.75, 3.05) is 0 Å². The molecule has 0 spiro atoms. The van der Waals surface area contributed by atoms with Gasteiger partial charge in [-0.2, -0.15) is 0 Å². The molecule has 0 aliphatic rings. The summed E-state index contributed by atoms with van der Waals surface area (Å²) < 4.78 is 5.21. The molecule has 0 saturated heterocycles. The van der Waals surface area contributed by atoms with E-state index in [0.29, 0.717) is 0 Å². The van der Waals surface area contributed by atoms with E-state index >= 15 is 0 Å². The Kier molecular flexibility index (Phi) is 4.09. The molecule has 3 heteroatoms. The molecule has 2 aromatic heterocycles. The summed E-state index contributed by atoms with van der Waals surface area (Å²) in [4.78, 5) is 1.35. The molecule has 2 rings (SSSR count). The molecule has 0 fully saturated rings. The van der Waals surface area contributed by atoms with Crippen LogP contribution in [0.5, 0.6) is 0 Å². The molecule has 58 valence electrons. The van der Waals surface area contributed by atoms with Crippen LogP contribution in [0.25, 0.3) is 0 Å². The van der Waals surface area contributed by atoms with Gasteiger partial charge in [-0.05, 0) is 23.6 Å². The van der Waals surface area contributed by atoms with Crippen molar-refractivity contribution in [2.45, 2.75) is 6.42 Å². The van der Waals surface area contributed by atoms with Crippen LogP contribution < -0.4 is 29.6 Å². The van der Waals surface area contributed by atoms with Gasteiger partial charge in [0.15, 0.2) is 0 Å². The van der Waals surface area contributed by atoms with E-state index in [9.17, 15) is 0 Å². The van der Waals surface area contributed by atoms with Crippen LogP contribution >= 0.6 is 11.3 Å². The number of hydrogen-bond donors (Lipinski definition) is 0. The zero-order valence-electron chi connectivity index (χ0n) is 7.99. The fraction of sp³-hybridized carbons (Fsp3) is 0.111. The average Bonchev–Trinajstić information content (AvgIpc) is 2.60. The molecule has 2 heterocycles. The molecular weight excluding hydrogens is 179 g/mol. The van der Waals surface area contributed by atoms with Crippen LogP contribution in [0.4, 0.5) is 0 Å². The molecule has 0 bridgehead atoms. The summed E-state index contributed by atoms with van der Waals surface area (Å²) in [6.07, 6.45) is 2.63. The second kappa shape index (κ2) is 4.87. The standard InChI is InChI=1S/C9H8OS.Na.H/c1-3-8(10-5-1)7-9-4-2-6-11-9;;/h1-6H,7H2;;/q;+1;-1. The zero-order chi connectivity index (χ0) is 7.52. The maximum absolute atomic E-state index is 5.21. The Morgan fingerprint density at radius 3 is 2.83 bits per heavy atom. The van der Waals surface area contributed by atoms with E-state index in [1.54, 1.807) is 17.6 Å². The van der Waals surface area contributed by atoms with Crippen molar-refractivity contribution >= 4 is 11.3 Å². The van der Waals surface area contributed by atoms with Gasteiger partial charge in [-0.25, -0.2) is 0 Å². The van der Waals surface area contributed by atoms with E-state index in [4.69, 9.17) is 4.42 Å². The predicted octanol–water partition coefficient (Wildman–Crippen LogP) is 0.0484. The third kappa shape index (κ3) is 2.49. The molecule has 1 nitrogen and oxygen atoms in total. The van der Waals surface area contributed by atoms with Crippen molar-refractivity contribution in [3.63, 3.8) is 0 Å². The molecule has 0 atom stereocenters. The largest absolute Gasteiger partial charge is 1.00 e. The van der Waals surface area contributed by atoms with Crippen LogP contribution in [-0.2, 0) is 6.42 Å². The first kappa shape index (κ1) is 10.1. The van der Waals surface area contributed by atoms with E-state index in [2.05, 4.69) is 17.5 Å². The molecule has 0 unspecified atom stereocenters. The summed E-state index contributed by atoms with van der Waals surface area (Å²) in [5.41, 5.74) is 0. The van der Waals surface area contributed by atoms with Gasteiger partial charge in [0.2, 0.25) is 0 Å². The molecule has 0 aliphatic carbocycles. The maximum Gasteiger partial charge on any atom is 1.00 e. The van der Waals surface area contributed by atoms with E-state index in [-0.39, 0.29) is 31.0 Å². The van der Waals surface area contributed by atoms with Crippen molar-refractivity contribution in [1.29, 1.82) is 0 Å². The SMILES string of the molecule is [H-].[Na+].c1coc(Cc2cccs2)c1. The molecule has 12 heavy (non-hydrogen) atoms. The Bertz CT molecular complexity index is 272. The van der Waals surface area contributed by atoms with Crippen LogP contribution in [0.2, 0.25) is 0 Å². The van der Waals surface area contributed by atoms with Gasteiger partial charge in [0, 0.05) is 11.3 Å². The molecule has 2 aromatic rings. The minimum absolute atomic E-state index is 0. The first-order valence-electron chi connectivity index (χ1n) is 3.50. The number of hydrogen-bond acceptors (Lipinski definition) is 2. The van der Waals surface area contributed by atoms with Crippen molar-refractivity contribution in [3.05, 3.63) is 46.5 Å². The van der Waals surface area contributed by atoms with Gasteiger partial charge < -0.3 is 5.84 Å². The van der Waals surface area contributed by atoms with Gasteiger partial charge >= 0.3 is 29.6 Å². The molecule has 0 amide bonds. The summed E-state index contributed by atoms with van der Waals surface area (Å²) in [7, 11) is 0. The number of furan rings is 1. The van der Waals surface area contributed by atoms with Crippen molar-refractivity contribution < 1.29 is 35.4 Å². The fourth-order valence-electron chi connectivity index (χ4n) is 0.998. The van der Waals surface area contributed by atoms with Crippen LogP contribution in [0.1, 0.15) is 12.1 Å². The van der Waals surface area contributed by atoms with Gasteiger partial charge in [-0.15, -0.1) is 11.3 Å². The Labute approximate surface area is 99.2 Å². The molecule has 0 aliphatic heterocycles. The van der Waals surface area contributed by atoms with Crippen molar-refractivity contribution in [3.8, 4) is 0 Å². The summed E-state index contributed by atoms with van der Waals surface area (Å²) in [5, 5.41) is 2.08. The van der Waals surface area contributed by atoms with Gasteiger partial charge in [-0.1, -0.05) is 6.07 Å². The van der Waals surface area contributed by atoms with Gasteiger partial charge in [-0.3, -0.25) is 0 Å². The van der Waals surface area contributed by atoms with Crippen LogP contribution in [0, 0.1) is 0 Å². The summed E-state index contributed by atoms with van der Waals surface area (Å²) >= 11 is 1.76. The summed E-state index contributed by atoms with van der Waals surface area (Å²) in [5.74, 6) is 1.03. The molecular formula is C9H9NaOS. The Hall–Kier alpha value is -0.0200. The van der Waals surface area contributed by atoms with E-state index in [1.807, 2.05) is 12.1 Å². The fourth-order valence-corrected chi connectivity index (χ4v) is 1.71. The van der Waals surface area contributed by atoms with Crippen molar-refractivity contribution in [2.24, 2.45) is 0 Å². The Morgan fingerprint density at radius 1 is 1.33 bits per heavy atom. The quantitative estimate of drug-likeness (QED) is 0.607. The Balaban J connectivity index is 0.000000720. The first-order valence-corrected chi connectivity index (χ1v) is 4.38. The van der Waals surface area contributed by atoms with E-state index in [0.717, 1.165) is 12.2 Å². The second-order valence-electron chi connectivity index (χ2n) is 2.34. The van der Waals surface area contributed by atoms with Gasteiger partial charge in [0.05, 0.1) is 6.26 Å². The Morgan fingerprint density at radius 2 is 2.25 bits per heavy atom. The monoisotopic (exact) mass is 188 g/mol. The summed E-state index contributed by atoms with van der Waals surface area (Å²) in [6.45, 7) is 0. The third-order valence-corrected chi connectivity index (χ3v) is 2.39. The van der Waals surface area contributed by atoms with Gasteiger partial charge in [0.25, 0.3) is 0 Å². The smallest absolute Gasteiger partial charge is 1.00 e. The van der Waals surface area contributed by atoms with E-state index in [1.165, 1.54) is 4.88 Å². The van der Waals surface area contributed by atoms with Crippen LogP contribution in [-0.4, -0.2) is 0 Å². The van der Waals surface area contributed by atoms with Crippen LogP contribution in [0.15, 0.2) is 40.3 Å². The second-order valence-corrected chi connectivity index (χ2v) is 3.37. The minimum atomic E-state index is 0. The average molecular weight is 188 g/mol. The summed E-state index contributed by atoms with van der Waals surface area (Å²) in [6, 6.07) is 8.10. The molecule has 0 radical (unpaired) electrons. The molecule has 0 N–H and O–H groups in total. The number of thiophene rings is 1. The van der Waals surface area contributed by atoms with E-state index < -0.39 is 0 Å². The van der Waals surface area contributed by atoms with Gasteiger partial charge in [0.1, 0.15) is 5.76 Å². The van der Waals surface area contributed by atoms with Crippen LogP contribution in [0.3, 0.4) is 0 Å². The predicted molar refractivity (Wildman–Crippen MR) is 46.9 cm³/mol. The third-order valence-electron chi connectivity index (χ3n) is 1.51. The normalized spacial score (nSPS) is 9.33.